The fourth-order valence-electron chi connectivity index (χ4n) is 2.47. The van der Waals surface area contributed by atoms with Crippen LogP contribution in [0.2, 0.25) is 0 Å². The Balaban J connectivity index is 1.78. The van der Waals surface area contributed by atoms with Gasteiger partial charge in [0.15, 0.2) is 27.1 Å². The Kier molecular flexibility index (Phi) is 5.15. The van der Waals surface area contributed by atoms with Gasteiger partial charge in [-0.05, 0) is 38.1 Å². The van der Waals surface area contributed by atoms with Crippen molar-refractivity contribution in [2.75, 3.05) is 12.3 Å². The van der Waals surface area contributed by atoms with E-state index in [9.17, 15) is 13.0 Å². The van der Waals surface area contributed by atoms with Crippen molar-refractivity contribution in [2.24, 2.45) is 0 Å². The summed E-state index contributed by atoms with van der Waals surface area (Å²) in [6.45, 7) is 3.98. The molecule has 0 bridgehead atoms. The van der Waals surface area contributed by atoms with Crippen molar-refractivity contribution in [3.05, 3.63) is 30.6 Å². The number of ether oxygens (including phenoxy) is 2. The standard InChI is InChI=1S/C16H19N5O5S/c1-10(2)26-12-5-3-11(4-6-12)25-8-7-21-15-13(14(17)18-9-19-15)20-16(21)27(22,23)24/h3-6,9-10H,7-8H2,1-2H3,(H2,17,18,19)(H,22,23,24)/p-1. The van der Waals surface area contributed by atoms with Gasteiger partial charge in [0, 0.05) is 0 Å². The van der Waals surface area contributed by atoms with Gasteiger partial charge in [0.05, 0.1) is 12.6 Å². The highest BCUT2D eigenvalue weighted by atomic mass is 32.2. The van der Waals surface area contributed by atoms with Gasteiger partial charge in [0.1, 0.15) is 24.4 Å². The summed E-state index contributed by atoms with van der Waals surface area (Å²) in [7, 11) is -4.82. The van der Waals surface area contributed by atoms with Crippen LogP contribution in [0.1, 0.15) is 13.8 Å². The van der Waals surface area contributed by atoms with Crippen molar-refractivity contribution in [1.29, 1.82) is 0 Å². The van der Waals surface area contributed by atoms with E-state index in [0.717, 1.165) is 4.57 Å². The van der Waals surface area contributed by atoms with Gasteiger partial charge in [-0.15, -0.1) is 0 Å². The molecule has 0 fully saturated rings. The highest BCUT2D eigenvalue weighted by Gasteiger charge is 2.19. The van der Waals surface area contributed by atoms with E-state index in [4.69, 9.17) is 15.2 Å². The number of nitrogens with two attached hydrogens (primary N) is 1. The molecule has 2 aromatic heterocycles. The number of rotatable bonds is 7. The third-order valence-corrected chi connectivity index (χ3v) is 4.29. The van der Waals surface area contributed by atoms with Crippen molar-refractivity contribution in [1.82, 2.24) is 19.5 Å². The molecule has 0 amide bonds. The molecule has 0 spiro atoms. The van der Waals surface area contributed by atoms with E-state index >= 15 is 0 Å². The Morgan fingerprint density at radius 2 is 1.85 bits per heavy atom. The highest BCUT2D eigenvalue weighted by molar-refractivity contribution is 7.85. The maximum atomic E-state index is 11.5. The minimum atomic E-state index is -4.82. The Bertz CT molecular complexity index is 1050. The molecule has 10 nitrogen and oxygen atoms in total. The molecule has 0 aliphatic carbocycles. The average molecular weight is 392 g/mol. The molecule has 27 heavy (non-hydrogen) atoms. The molecule has 3 aromatic rings. The lowest BCUT2D eigenvalue weighted by Crippen LogP contribution is -2.15. The molecule has 0 radical (unpaired) electrons. The molecule has 0 saturated carbocycles. The van der Waals surface area contributed by atoms with Crippen LogP contribution in [0.15, 0.2) is 35.7 Å². The topological polar surface area (TPSA) is 145 Å². The molecule has 0 aliphatic rings. The number of anilines is 1. The number of imidazole rings is 1. The van der Waals surface area contributed by atoms with Gasteiger partial charge in [-0.2, -0.15) is 0 Å². The first-order valence-corrected chi connectivity index (χ1v) is 9.48. The average Bonchev–Trinajstić information content (AvgIpc) is 2.97. The summed E-state index contributed by atoms with van der Waals surface area (Å²) >= 11 is 0. The molecule has 0 saturated heterocycles. The lowest BCUT2D eigenvalue weighted by Gasteiger charge is -2.13. The number of fused-ring (bicyclic) bond motifs is 1. The summed E-state index contributed by atoms with van der Waals surface area (Å²) in [6, 6.07) is 7.00. The fraction of sp³-hybridized carbons (Fsp3) is 0.312. The van der Waals surface area contributed by atoms with E-state index in [0.29, 0.717) is 11.5 Å². The number of hydrogen-bond donors (Lipinski definition) is 1. The Morgan fingerprint density at radius 1 is 1.19 bits per heavy atom. The zero-order valence-electron chi connectivity index (χ0n) is 14.7. The lowest BCUT2D eigenvalue weighted by atomic mass is 10.3. The third kappa shape index (κ3) is 4.26. The summed E-state index contributed by atoms with van der Waals surface area (Å²) in [5, 5.41) is -0.672. The fourth-order valence-corrected chi connectivity index (χ4v) is 3.12. The Labute approximate surface area is 155 Å². The van der Waals surface area contributed by atoms with Gasteiger partial charge in [-0.1, -0.05) is 0 Å². The van der Waals surface area contributed by atoms with Crippen LogP contribution in [0.4, 0.5) is 5.82 Å². The second-order valence-electron chi connectivity index (χ2n) is 5.92. The molecule has 2 N–H and O–H groups in total. The maximum absolute atomic E-state index is 11.5. The van der Waals surface area contributed by atoms with Gasteiger partial charge in [0.2, 0.25) is 5.16 Å². The van der Waals surface area contributed by atoms with Gasteiger partial charge < -0.3 is 19.8 Å². The molecule has 2 heterocycles. The minimum Gasteiger partial charge on any atom is -0.742 e. The molecule has 3 rings (SSSR count). The molecular weight excluding hydrogens is 374 g/mol. The van der Waals surface area contributed by atoms with Gasteiger partial charge in [-0.3, -0.25) is 4.57 Å². The Hall–Kier alpha value is -2.92. The highest BCUT2D eigenvalue weighted by Crippen LogP contribution is 2.22. The van der Waals surface area contributed by atoms with Crippen molar-refractivity contribution >= 4 is 27.1 Å². The lowest BCUT2D eigenvalue weighted by molar-refractivity contribution is 0.241. The van der Waals surface area contributed by atoms with Crippen LogP contribution in [-0.4, -0.2) is 45.2 Å². The van der Waals surface area contributed by atoms with E-state index in [1.54, 1.807) is 24.3 Å². The largest absolute Gasteiger partial charge is 0.742 e. The predicted molar refractivity (Wildman–Crippen MR) is 95.4 cm³/mol. The summed E-state index contributed by atoms with van der Waals surface area (Å²) in [5.74, 6) is 1.27. The normalized spacial score (nSPS) is 11.9. The first-order valence-electron chi connectivity index (χ1n) is 8.08. The smallest absolute Gasteiger partial charge is 0.217 e. The summed E-state index contributed by atoms with van der Waals surface area (Å²) < 4.78 is 46.9. The first kappa shape index (κ1) is 18.9. The van der Waals surface area contributed by atoms with E-state index < -0.39 is 15.3 Å². The van der Waals surface area contributed by atoms with Gasteiger partial charge >= 0.3 is 0 Å². The number of benzene rings is 1. The van der Waals surface area contributed by atoms with Crippen molar-refractivity contribution in [2.45, 2.75) is 31.7 Å². The van der Waals surface area contributed by atoms with Gasteiger partial charge in [0.25, 0.3) is 0 Å². The SMILES string of the molecule is CC(C)Oc1ccc(OCCn2c(S(=O)(=O)[O-])nc3c(N)ncnc32)cc1. The summed E-state index contributed by atoms with van der Waals surface area (Å²) in [6.07, 6.45) is 1.24. The Morgan fingerprint density at radius 3 is 2.48 bits per heavy atom. The van der Waals surface area contributed by atoms with Crippen molar-refractivity contribution in [3.8, 4) is 11.5 Å². The molecule has 0 unspecified atom stereocenters. The van der Waals surface area contributed by atoms with Crippen LogP contribution in [-0.2, 0) is 16.7 Å². The number of hydrogen-bond acceptors (Lipinski definition) is 9. The zero-order valence-corrected chi connectivity index (χ0v) is 15.5. The molecular formula is C16H18N5O5S-. The number of nitrogen functional groups attached to an aromatic ring is 1. The molecule has 144 valence electrons. The van der Waals surface area contributed by atoms with Crippen LogP contribution in [0, 0.1) is 0 Å². The quantitative estimate of drug-likeness (QED) is 0.585. The van der Waals surface area contributed by atoms with Crippen LogP contribution in [0.25, 0.3) is 11.2 Å². The predicted octanol–water partition coefficient (Wildman–Crippen LogP) is 1.18. The van der Waals surface area contributed by atoms with Crippen LogP contribution < -0.4 is 15.2 Å². The van der Waals surface area contributed by atoms with Gasteiger partial charge in [-0.25, -0.2) is 23.4 Å². The van der Waals surface area contributed by atoms with Crippen LogP contribution >= 0.6 is 0 Å². The summed E-state index contributed by atoms with van der Waals surface area (Å²) in [5.41, 5.74) is 5.89. The zero-order chi connectivity index (χ0) is 19.6. The van der Waals surface area contributed by atoms with Crippen molar-refractivity contribution in [3.63, 3.8) is 0 Å². The third-order valence-electron chi connectivity index (χ3n) is 3.53. The van der Waals surface area contributed by atoms with E-state index in [1.807, 2.05) is 13.8 Å². The molecule has 1 aromatic carbocycles. The van der Waals surface area contributed by atoms with Crippen LogP contribution in [0.3, 0.4) is 0 Å². The number of aromatic nitrogens is 4. The minimum absolute atomic E-state index is 0.00897. The number of nitrogens with zero attached hydrogens (tertiary/aromatic N) is 4. The molecule has 0 atom stereocenters. The second kappa shape index (κ2) is 7.37. The van der Waals surface area contributed by atoms with E-state index in [-0.39, 0.29) is 36.2 Å². The van der Waals surface area contributed by atoms with Crippen molar-refractivity contribution < 1.29 is 22.4 Å². The molecule has 0 aliphatic heterocycles. The first-order chi connectivity index (χ1) is 12.8. The molecule has 11 heteroatoms. The summed E-state index contributed by atoms with van der Waals surface area (Å²) in [4.78, 5) is 11.5. The second-order valence-corrected chi connectivity index (χ2v) is 7.19. The van der Waals surface area contributed by atoms with E-state index in [2.05, 4.69) is 15.0 Å². The maximum Gasteiger partial charge on any atom is 0.217 e. The monoisotopic (exact) mass is 392 g/mol. The van der Waals surface area contributed by atoms with E-state index in [1.165, 1.54) is 6.33 Å². The van der Waals surface area contributed by atoms with Crippen LogP contribution in [0.5, 0.6) is 11.5 Å².